The molecule has 0 radical (unpaired) electrons. The van der Waals surface area contributed by atoms with E-state index < -0.39 is 51.8 Å². The number of nitro groups is 1. The van der Waals surface area contributed by atoms with Gasteiger partial charge in [0.15, 0.2) is 0 Å². The molecule has 154 valence electrons. The molecule has 0 saturated carbocycles. The van der Waals surface area contributed by atoms with Crippen molar-refractivity contribution in [1.82, 2.24) is 5.32 Å². The third kappa shape index (κ3) is 2.57. The number of carbonyl (C=O) groups excluding carboxylic acids is 2. The van der Waals surface area contributed by atoms with Crippen LogP contribution in [0.2, 0.25) is 0 Å². The van der Waals surface area contributed by atoms with Crippen molar-refractivity contribution in [1.29, 1.82) is 0 Å². The quantitative estimate of drug-likeness (QED) is 0.390. The standard InChI is InChI=1S/C20H17N3O7/c1-20(19(27)28)15-14(16(21-20)10-6-2-5-9-13(10)24)17(25)22(18(15)26)11-7-3-4-8-12(11)23(29)30/h2-9,14-16,21,24H,1H3,(H,27,28)/t14-,15-,16+,20-/m0/s1. The van der Waals surface area contributed by atoms with Gasteiger partial charge in [-0.15, -0.1) is 0 Å². The molecule has 2 aromatic carbocycles. The predicted octanol–water partition coefficient (Wildman–Crippen LogP) is 1.59. The highest BCUT2D eigenvalue weighted by Gasteiger charge is 2.67. The number of hydrogen-bond donors (Lipinski definition) is 3. The normalized spacial score (nSPS) is 27.9. The van der Waals surface area contributed by atoms with E-state index in [1.54, 1.807) is 12.1 Å². The molecular weight excluding hydrogens is 394 g/mol. The molecule has 0 spiro atoms. The number of amides is 2. The third-order valence-electron chi connectivity index (χ3n) is 5.82. The molecule has 2 aliphatic heterocycles. The molecule has 10 heteroatoms. The van der Waals surface area contributed by atoms with Crippen LogP contribution in [0, 0.1) is 22.0 Å². The van der Waals surface area contributed by atoms with E-state index in [-0.39, 0.29) is 17.0 Å². The van der Waals surface area contributed by atoms with Crippen LogP contribution < -0.4 is 10.2 Å². The summed E-state index contributed by atoms with van der Waals surface area (Å²) in [4.78, 5) is 50.1. The number of carbonyl (C=O) groups is 3. The number of benzene rings is 2. The number of aliphatic carboxylic acids is 1. The zero-order valence-electron chi connectivity index (χ0n) is 15.7. The van der Waals surface area contributed by atoms with Crippen LogP contribution >= 0.6 is 0 Å². The van der Waals surface area contributed by atoms with E-state index in [1.165, 1.54) is 43.3 Å². The van der Waals surface area contributed by atoms with Crippen molar-refractivity contribution in [3.8, 4) is 5.75 Å². The van der Waals surface area contributed by atoms with Crippen molar-refractivity contribution >= 4 is 29.2 Å². The molecule has 4 atom stereocenters. The smallest absolute Gasteiger partial charge is 0.324 e. The molecule has 10 nitrogen and oxygen atoms in total. The van der Waals surface area contributed by atoms with Crippen LogP contribution in [-0.2, 0) is 14.4 Å². The molecule has 2 heterocycles. The highest BCUT2D eigenvalue weighted by molar-refractivity contribution is 6.25. The minimum absolute atomic E-state index is 0.159. The third-order valence-corrected chi connectivity index (χ3v) is 5.82. The van der Waals surface area contributed by atoms with Crippen molar-refractivity contribution in [2.75, 3.05) is 4.90 Å². The van der Waals surface area contributed by atoms with Crippen LogP contribution in [0.3, 0.4) is 0 Å². The number of phenols is 1. The topological polar surface area (TPSA) is 150 Å². The molecule has 2 fully saturated rings. The first kappa shape index (κ1) is 19.5. The van der Waals surface area contributed by atoms with Crippen LogP contribution in [0.25, 0.3) is 0 Å². The fourth-order valence-electron chi connectivity index (χ4n) is 4.40. The molecule has 3 N–H and O–H groups in total. The first-order valence-electron chi connectivity index (χ1n) is 9.08. The highest BCUT2D eigenvalue weighted by atomic mass is 16.6. The van der Waals surface area contributed by atoms with E-state index in [9.17, 15) is 34.7 Å². The molecule has 0 aromatic heterocycles. The van der Waals surface area contributed by atoms with E-state index in [0.717, 1.165) is 0 Å². The Labute approximate surface area is 169 Å². The second-order valence-electron chi connectivity index (χ2n) is 7.45. The molecule has 30 heavy (non-hydrogen) atoms. The number of imide groups is 1. The molecule has 0 bridgehead atoms. The highest BCUT2D eigenvalue weighted by Crippen LogP contribution is 2.51. The number of carboxylic acids is 1. The Bertz CT molecular complexity index is 1100. The zero-order chi connectivity index (χ0) is 21.8. The SMILES string of the molecule is C[C@]1(C(=O)O)N[C@H](c2ccccc2O)[C@H]2C(=O)N(c3ccccc3[N+](=O)[O-])C(=O)[C@H]21. The van der Waals surface area contributed by atoms with Gasteiger partial charge in [-0.2, -0.15) is 0 Å². The summed E-state index contributed by atoms with van der Waals surface area (Å²) in [5.74, 6) is -5.58. The Balaban J connectivity index is 1.88. The van der Waals surface area contributed by atoms with Crippen LogP contribution in [-0.4, -0.2) is 38.5 Å². The van der Waals surface area contributed by atoms with E-state index in [4.69, 9.17) is 0 Å². The van der Waals surface area contributed by atoms with E-state index in [0.29, 0.717) is 4.90 Å². The number of nitrogens with zero attached hydrogens (tertiary/aromatic N) is 2. The monoisotopic (exact) mass is 411 g/mol. The minimum Gasteiger partial charge on any atom is -0.508 e. The van der Waals surface area contributed by atoms with Crippen molar-refractivity contribution < 1.29 is 29.5 Å². The lowest BCUT2D eigenvalue weighted by Crippen LogP contribution is -2.53. The van der Waals surface area contributed by atoms with Crippen LogP contribution in [0.5, 0.6) is 5.75 Å². The van der Waals surface area contributed by atoms with Gasteiger partial charge in [-0.1, -0.05) is 30.3 Å². The van der Waals surface area contributed by atoms with Gasteiger partial charge in [0, 0.05) is 17.7 Å². The van der Waals surface area contributed by atoms with Gasteiger partial charge >= 0.3 is 5.97 Å². The molecular formula is C20H17N3O7. The Kier molecular flexibility index (Phi) is 4.31. The number of aromatic hydroxyl groups is 1. The number of carboxylic acid groups (broad SMARTS) is 1. The zero-order valence-corrected chi connectivity index (χ0v) is 15.7. The summed E-state index contributed by atoms with van der Waals surface area (Å²) in [5.41, 5.74) is -2.20. The fraction of sp³-hybridized carbons (Fsp3) is 0.250. The molecule has 2 aliphatic rings. The average Bonchev–Trinajstić information content (AvgIpc) is 3.16. The number of fused-ring (bicyclic) bond motifs is 1. The number of anilines is 1. The van der Waals surface area contributed by atoms with E-state index >= 15 is 0 Å². The number of hydrogen-bond acceptors (Lipinski definition) is 7. The fourth-order valence-corrected chi connectivity index (χ4v) is 4.40. The maximum Gasteiger partial charge on any atom is 0.324 e. The van der Waals surface area contributed by atoms with Crippen molar-refractivity contribution in [3.63, 3.8) is 0 Å². The van der Waals surface area contributed by atoms with Crippen LogP contribution in [0.1, 0.15) is 18.5 Å². The number of rotatable bonds is 4. The number of para-hydroxylation sites is 3. The number of nitrogens with one attached hydrogen (secondary N) is 1. The Morgan fingerprint density at radius 2 is 1.77 bits per heavy atom. The van der Waals surface area contributed by atoms with E-state index in [1.807, 2.05) is 0 Å². The first-order valence-corrected chi connectivity index (χ1v) is 9.08. The van der Waals surface area contributed by atoms with Gasteiger partial charge < -0.3 is 10.2 Å². The molecule has 2 saturated heterocycles. The van der Waals surface area contributed by atoms with Crippen LogP contribution in [0.4, 0.5) is 11.4 Å². The molecule has 2 aromatic rings. The lowest BCUT2D eigenvalue weighted by Gasteiger charge is -2.27. The second kappa shape index (κ2) is 6.63. The predicted molar refractivity (Wildman–Crippen MR) is 103 cm³/mol. The van der Waals surface area contributed by atoms with Gasteiger partial charge in [-0.3, -0.25) is 29.8 Å². The van der Waals surface area contributed by atoms with Gasteiger partial charge in [0.05, 0.1) is 16.8 Å². The van der Waals surface area contributed by atoms with Crippen LogP contribution in [0.15, 0.2) is 48.5 Å². The van der Waals surface area contributed by atoms with Crippen molar-refractivity contribution in [2.24, 2.45) is 11.8 Å². The first-order chi connectivity index (χ1) is 14.2. The van der Waals surface area contributed by atoms with Gasteiger partial charge in [0.25, 0.3) is 5.69 Å². The van der Waals surface area contributed by atoms with Crippen molar-refractivity contribution in [3.05, 3.63) is 64.2 Å². The van der Waals surface area contributed by atoms with E-state index in [2.05, 4.69) is 5.32 Å². The minimum atomic E-state index is -1.82. The summed E-state index contributed by atoms with van der Waals surface area (Å²) in [6, 6.07) is 10.4. The molecule has 0 aliphatic carbocycles. The largest absolute Gasteiger partial charge is 0.508 e. The summed E-state index contributed by atoms with van der Waals surface area (Å²) < 4.78 is 0. The van der Waals surface area contributed by atoms with Crippen molar-refractivity contribution in [2.45, 2.75) is 18.5 Å². The summed E-state index contributed by atoms with van der Waals surface area (Å²) in [7, 11) is 0. The number of phenolic OH excluding ortho intramolecular Hbond substituents is 1. The maximum atomic E-state index is 13.3. The van der Waals surface area contributed by atoms with Gasteiger partial charge in [-0.25, -0.2) is 4.90 Å². The number of nitro benzene ring substituents is 1. The molecule has 2 amide bonds. The lowest BCUT2D eigenvalue weighted by atomic mass is 9.80. The Morgan fingerprint density at radius 3 is 2.40 bits per heavy atom. The molecule has 4 rings (SSSR count). The summed E-state index contributed by atoms with van der Waals surface area (Å²) >= 11 is 0. The summed E-state index contributed by atoms with van der Waals surface area (Å²) in [6.07, 6.45) is 0. The van der Waals surface area contributed by atoms with Gasteiger partial charge in [0.1, 0.15) is 17.0 Å². The lowest BCUT2D eigenvalue weighted by molar-refractivity contribution is -0.384. The summed E-state index contributed by atoms with van der Waals surface area (Å²) in [6.45, 7) is 1.29. The molecule has 0 unspecified atom stereocenters. The van der Waals surface area contributed by atoms with Gasteiger partial charge in [-0.05, 0) is 19.1 Å². The Morgan fingerprint density at radius 1 is 1.13 bits per heavy atom. The van der Waals surface area contributed by atoms with Gasteiger partial charge in [0.2, 0.25) is 11.8 Å². The maximum absolute atomic E-state index is 13.3. The Hall–Kier alpha value is -3.79. The second-order valence-corrected chi connectivity index (χ2v) is 7.45. The summed E-state index contributed by atoms with van der Waals surface area (Å²) in [5, 5.41) is 34.4. The average molecular weight is 411 g/mol.